The molecule has 3 rings (SSSR count). The maximum atomic E-state index is 4.59. The minimum absolute atomic E-state index is 0.845. The first-order valence-corrected chi connectivity index (χ1v) is 7.94. The molecule has 1 aliphatic heterocycles. The molecule has 0 amide bonds. The largest absolute Gasteiger partial charge is 0.380 e. The highest BCUT2D eigenvalue weighted by atomic mass is 15.2. The summed E-state index contributed by atoms with van der Waals surface area (Å²) >= 11 is 0. The molecule has 4 nitrogen and oxygen atoms in total. The second kappa shape index (κ2) is 6.66. The quantitative estimate of drug-likeness (QED) is 0.912. The highest BCUT2D eigenvalue weighted by Gasteiger charge is 2.11. The van der Waals surface area contributed by atoms with E-state index in [-0.39, 0.29) is 0 Å². The van der Waals surface area contributed by atoms with Crippen LogP contribution in [0.3, 0.4) is 0 Å². The summed E-state index contributed by atoms with van der Waals surface area (Å²) in [6.07, 6.45) is 10.2. The second-order valence-corrected chi connectivity index (χ2v) is 5.66. The van der Waals surface area contributed by atoms with Crippen molar-refractivity contribution >= 4 is 11.5 Å². The van der Waals surface area contributed by atoms with Crippen molar-refractivity contribution in [2.24, 2.45) is 0 Å². The number of hydrogen-bond donors (Lipinski definition) is 1. The number of aromatic nitrogens is 2. The summed E-state index contributed by atoms with van der Waals surface area (Å²) < 4.78 is 2.19. The standard InChI is InChI=1S/C17H24N4/c1-2-20-11-8-15(14-20)12-18-16-6-7-17(19-13-16)21-9-4-3-5-10-21/h6-8,11,13-14,18H,2-5,9-10,12H2,1H3. The van der Waals surface area contributed by atoms with Crippen molar-refractivity contribution in [1.82, 2.24) is 9.55 Å². The molecule has 0 aromatic carbocycles. The fraction of sp³-hybridized carbons (Fsp3) is 0.471. The van der Waals surface area contributed by atoms with Crippen LogP contribution in [0.25, 0.3) is 0 Å². The summed E-state index contributed by atoms with van der Waals surface area (Å²) in [5, 5.41) is 3.43. The van der Waals surface area contributed by atoms with Crippen molar-refractivity contribution in [2.75, 3.05) is 23.3 Å². The first-order valence-electron chi connectivity index (χ1n) is 7.94. The average molecular weight is 284 g/mol. The van der Waals surface area contributed by atoms with Gasteiger partial charge in [0.05, 0.1) is 11.9 Å². The lowest BCUT2D eigenvalue weighted by Crippen LogP contribution is -2.30. The van der Waals surface area contributed by atoms with Crippen molar-refractivity contribution in [3.63, 3.8) is 0 Å². The molecule has 1 saturated heterocycles. The summed E-state index contributed by atoms with van der Waals surface area (Å²) in [7, 11) is 0. The molecule has 4 heteroatoms. The number of aryl methyl sites for hydroxylation is 1. The van der Waals surface area contributed by atoms with Crippen molar-refractivity contribution in [3.05, 3.63) is 42.4 Å². The van der Waals surface area contributed by atoms with Crippen molar-refractivity contribution in [1.29, 1.82) is 0 Å². The van der Waals surface area contributed by atoms with Gasteiger partial charge in [0.15, 0.2) is 0 Å². The highest BCUT2D eigenvalue weighted by molar-refractivity contribution is 5.49. The van der Waals surface area contributed by atoms with Crippen LogP contribution < -0.4 is 10.2 Å². The third-order valence-corrected chi connectivity index (χ3v) is 4.10. The van der Waals surface area contributed by atoms with E-state index in [1.54, 1.807) is 0 Å². The lowest BCUT2D eigenvalue weighted by Gasteiger charge is -2.27. The Morgan fingerprint density at radius 2 is 2.00 bits per heavy atom. The number of pyridine rings is 1. The molecule has 0 atom stereocenters. The third kappa shape index (κ3) is 3.57. The average Bonchev–Trinajstić information content (AvgIpc) is 3.02. The van der Waals surface area contributed by atoms with E-state index >= 15 is 0 Å². The van der Waals surface area contributed by atoms with Crippen LogP contribution in [0, 0.1) is 0 Å². The van der Waals surface area contributed by atoms with Gasteiger partial charge in [0.1, 0.15) is 5.82 Å². The molecule has 1 fully saturated rings. The molecule has 21 heavy (non-hydrogen) atoms. The maximum absolute atomic E-state index is 4.59. The molecule has 2 aromatic heterocycles. The molecule has 0 saturated carbocycles. The molecule has 0 spiro atoms. The van der Waals surface area contributed by atoms with Crippen LogP contribution in [-0.4, -0.2) is 22.6 Å². The topological polar surface area (TPSA) is 33.1 Å². The van der Waals surface area contributed by atoms with Crippen molar-refractivity contribution < 1.29 is 0 Å². The molecule has 3 heterocycles. The van der Waals surface area contributed by atoms with Crippen LogP contribution in [0.4, 0.5) is 11.5 Å². The SMILES string of the molecule is CCn1ccc(CNc2ccc(N3CCCCC3)nc2)c1. The summed E-state index contributed by atoms with van der Waals surface area (Å²) in [6, 6.07) is 6.42. The maximum Gasteiger partial charge on any atom is 0.128 e. The Bertz CT molecular complexity index is 552. The Balaban J connectivity index is 1.56. The van der Waals surface area contributed by atoms with E-state index in [0.717, 1.165) is 37.7 Å². The lowest BCUT2D eigenvalue weighted by molar-refractivity contribution is 0.573. The Hall–Kier alpha value is -1.97. The van der Waals surface area contributed by atoms with Gasteiger partial charge in [-0.2, -0.15) is 0 Å². The number of rotatable bonds is 5. The van der Waals surface area contributed by atoms with Gasteiger partial charge in [-0.1, -0.05) is 0 Å². The predicted molar refractivity (Wildman–Crippen MR) is 87.7 cm³/mol. The second-order valence-electron chi connectivity index (χ2n) is 5.66. The monoisotopic (exact) mass is 284 g/mol. The molecule has 1 N–H and O–H groups in total. The number of anilines is 2. The molecular formula is C17H24N4. The van der Waals surface area contributed by atoms with Crippen molar-refractivity contribution in [2.45, 2.75) is 39.3 Å². The lowest BCUT2D eigenvalue weighted by atomic mass is 10.1. The zero-order valence-electron chi connectivity index (χ0n) is 12.8. The highest BCUT2D eigenvalue weighted by Crippen LogP contribution is 2.19. The Labute approximate surface area is 126 Å². The van der Waals surface area contributed by atoms with E-state index in [9.17, 15) is 0 Å². The first-order chi connectivity index (χ1) is 10.3. The van der Waals surface area contributed by atoms with Gasteiger partial charge in [-0.25, -0.2) is 4.98 Å². The summed E-state index contributed by atoms with van der Waals surface area (Å²) in [4.78, 5) is 6.98. The van der Waals surface area contributed by atoms with Gasteiger partial charge in [-0.3, -0.25) is 0 Å². The van der Waals surface area contributed by atoms with E-state index in [2.05, 4.69) is 57.3 Å². The summed E-state index contributed by atoms with van der Waals surface area (Å²) in [5.74, 6) is 1.11. The fourth-order valence-electron chi connectivity index (χ4n) is 2.80. The minimum atomic E-state index is 0.845. The Morgan fingerprint density at radius 3 is 2.67 bits per heavy atom. The van der Waals surface area contributed by atoms with Crippen LogP contribution in [0.15, 0.2) is 36.8 Å². The van der Waals surface area contributed by atoms with Crippen molar-refractivity contribution in [3.8, 4) is 0 Å². The molecule has 1 aliphatic rings. The van der Waals surface area contributed by atoms with E-state index in [0.29, 0.717) is 0 Å². The van der Waals surface area contributed by atoms with Crippen LogP contribution in [-0.2, 0) is 13.1 Å². The van der Waals surface area contributed by atoms with E-state index in [1.807, 2.05) is 6.20 Å². The molecule has 0 radical (unpaired) electrons. The molecule has 0 aliphatic carbocycles. The van der Waals surface area contributed by atoms with Gasteiger partial charge in [0.25, 0.3) is 0 Å². The van der Waals surface area contributed by atoms with Gasteiger partial charge >= 0.3 is 0 Å². The molecule has 0 bridgehead atoms. The molecule has 0 unspecified atom stereocenters. The normalized spacial score (nSPS) is 15.2. The van der Waals surface area contributed by atoms with Crippen LogP contribution >= 0.6 is 0 Å². The number of hydrogen-bond acceptors (Lipinski definition) is 3. The van der Waals surface area contributed by atoms with E-state index in [1.165, 1.54) is 24.8 Å². The van der Waals surface area contributed by atoms with Crippen LogP contribution in [0.1, 0.15) is 31.7 Å². The van der Waals surface area contributed by atoms with Gasteiger partial charge in [0.2, 0.25) is 0 Å². The van der Waals surface area contributed by atoms with Crippen LogP contribution in [0.5, 0.6) is 0 Å². The van der Waals surface area contributed by atoms with Crippen LogP contribution in [0.2, 0.25) is 0 Å². The van der Waals surface area contributed by atoms with E-state index in [4.69, 9.17) is 0 Å². The molecular weight excluding hydrogens is 260 g/mol. The van der Waals surface area contributed by atoms with Gasteiger partial charge in [-0.15, -0.1) is 0 Å². The van der Waals surface area contributed by atoms with Gasteiger partial charge in [-0.05, 0) is 49.9 Å². The fourth-order valence-corrected chi connectivity index (χ4v) is 2.80. The molecule has 112 valence electrons. The Morgan fingerprint density at radius 1 is 1.14 bits per heavy atom. The summed E-state index contributed by atoms with van der Waals surface area (Å²) in [6.45, 7) is 6.30. The predicted octanol–water partition coefficient (Wildman–Crippen LogP) is 3.51. The number of nitrogens with zero attached hydrogens (tertiary/aromatic N) is 3. The zero-order valence-corrected chi connectivity index (χ0v) is 12.8. The zero-order chi connectivity index (χ0) is 14.5. The van der Waals surface area contributed by atoms with Gasteiger partial charge in [0, 0.05) is 38.6 Å². The molecule has 2 aromatic rings. The first kappa shape index (κ1) is 14.0. The number of piperidine rings is 1. The Kier molecular flexibility index (Phi) is 4.43. The smallest absolute Gasteiger partial charge is 0.128 e. The van der Waals surface area contributed by atoms with Gasteiger partial charge < -0.3 is 14.8 Å². The summed E-state index contributed by atoms with van der Waals surface area (Å²) in [5.41, 5.74) is 2.39. The number of nitrogens with one attached hydrogen (secondary N) is 1. The third-order valence-electron chi connectivity index (χ3n) is 4.10. The minimum Gasteiger partial charge on any atom is -0.380 e. The van der Waals surface area contributed by atoms with E-state index < -0.39 is 0 Å².